The Bertz CT molecular complexity index is 233. The van der Waals surface area contributed by atoms with Crippen LogP contribution in [0.5, 0.6) is 5.75 Å². The molecule has 1 nitrogen and oxygen atoms in total. The van der Waals surface area contributed by atoms with E-state index in [0.717, 1.165) is 10.8 Å². The summed E-state index contributed by atoms with van der Waals surface area (Å²) in [5, 5.41) is 9.22. The van der Waals surface area contributed by atoms with Gasteiger partial charge >= 0.3 is 69.2 Å². The Morgan fingerprint density at radius 1 is 1.50 bits per heavy atom. The number of phenols is 1. The van der Waals surface area contributed by atoms with Gasteiger partial charge in [0.1, 0.15) is 0 Å². The summed E-state index contributed by atoms with van der Waals surface area (Å²) < 4.78 is 0.879. The van der Waals surface area contributed by atoms with E-state index in [-0.39, 0.29) is 0 Å². The van der Waals surface area contributed by atoms with Gasteiger partial charge in [-0.3, -0.25) is 0 Å². The summed E-state index contributed by atoms with van der Waals surface area (Å²) in [6.45, 7) is 2.07. The molecule has 1 aromatic carbocycles. The second kappa shape index (κ2) is 3.11. The van der Waals surface area contributed by atoms with E-state index in [9.17, 15) is 5.11 Å². The molecule has 1 N–H and O–H groups in total. The van der Waals surface area contributed by atoms with Crippen molar-refractivity contribution in [3.63, 3.8) is 0 Å². The first kappa shape index (κ1) is 7.68. The first-order chi connectivity index (χ1) is 4.74. The van der Waals surface area contributed by atoms with Gasteiger partial charge in [0.2, 0.25) is 0 Å². The molecule has 0 aromatic heterocycles. The van der Waals surface area contributed by atoms with Crippen LogP contribution in [0.25, 0.3) is 0 Å². The van der Waals surface area contributed by atoms with Crippen LogP contribution in [-0.4, -0.2) is 22.0 Å². The van der Waals surface area contributed by atoms with Gasteiger partial charge in [0.25, 0.3) is 0 Å². The standard InChI is InChI=1S/C8H9AsO/c1-2-6-3-4-7(9)8(10)5-6/h3-5,10H,2H2,1H3. The van der Waals surface area contributed by atoms with Crippen molar-refractivity contribution in [1.82, 2.24) is 0 Å². The van der Waals surface area contributed by atoms with Crippen molar-refractivity contribution in [3.05, 3.63) is 23.8 Å². The molecule has 0 unspecified atom stereocenters. The molecule has 0 aliphatic rings. The van der Waals surface area contributed by atoms with E-state index in [4.69, 9.17) is 0 Å². The van der Waals surface area contributed by atoms with Gasteiger partial charge in [-0.05, 0) is 0 Å². The third-order valence-electron chi connectivity index (χ3n) is 1.45. The third-order valence-corrected chi connectivity index (χ3v) is 2.24. The van der Waals surface area contributed by atoms with Crippen LogP contribution in [-0.2, 0) is 6.42 Å². The second-order valence-electron chi connectivity index (χ2n) is 2.18. The Kier molecular flexibility index (Phi) is 2.39. The van der Waals surface area contributed by atoms with E-state index in [2.05, 4.69) is 23.8 Å². The zero-order valence-corrected chi connectivity index (χ0v) is 7.71. The summed E-state index contributed by atoms with van der Waals surface area (Å²) in [4.78, 5) is 0. The molecule has 0 spiro atoms. The molecule has 2 heteroatoms. The molecule has 1 rings (SSSR count). The summed E-state index contributed by atoms with van der Waals surface area (Å²) in [6.07, 6.45) is 0.973. The van der Waals surface area contributed by atoms with Crippen molar-refractivity contribution >= 4 is 21.2 Å². The number of aromatic hydroxyl groups is 1. The number of benzene rings is 1. The topological polar surface area (TPSA) is 20.2 Å². The van der Waals surface area contributed by atoms with Crippen LogP contribution in [0.3, 0.4) is 0 Å². The zero-order chi connectivity index (χ0) is 7.56. The van der Waals surface area contributed by atoms with E-state index in [1.807, 2.05) is 12.1 Å². The summed E-state index contributed by atoms with van der Waals surface area (Å²) >= 11 is 2.33. The Labute approximate surface area is 69.6 Å². The summed E-state index contributed by atoms with van der Waals surface area (Å²) in [5.74, 6) is 0.374. The van der Waals surface area contributed by atoms with E-state index in [1.165, 1.54) is 5.56 Å². The molecule has 0 atom stereocenters. The van der Waals surface area contributed by atoms with E-state index >= 15 is 0 Å². The Balaban J connectivity index is 3.04. The first-order valence-electron chi connectivity index (χ1n) is 3.25. The second-order valence-corrected chi connectivity index (χ2v) is 3.19. The van der Waals surface area contributed by atoms with Crippen molar-refractivity contribution in [1.29, 1.82) is 0 Å². The van der Waals surface area contributed by atoms with E-state index in [0.29, 0.717) is 5.75 Å². The van der Waals surface area contributed by atoms with Gasteiger partial charge < -0.3 is 0 Å². The van der Waals surface area contributed by atoms with Crippen LogP contribution in [0.2, 0.25) is 0 Å². The van der Waals surface area contributed by atoms with Crippen molar-refractivity contribution in [3.8, 4) is 5.75 Å². The fraction of sp³-hybridized carbons (Fsp3) is 0.250. The van der Waals surface area contributed by atoms with Gasteiger partial charge in [0.05, 0.1) is 0 Å². The number of rotatable bonds is 1. The zero-order valence-electron chi connectivity index (χ0n) is 5.83. The molecule has 0 bridgehead atoms. The van der Waals surface area contributed by atoms with E-state index in [1.54, 1.807) is 6.07 Å². The molecule has 2 radical (unpaired) electrons. The molecule has 0 fully saturated rings. The molecule has 0 saturated carbocycles. The Morgan fingerprint density at radius 2 is 2.20 bits per heavy atom. The Hall–Kier alpha value is -0.422. The van der Waals surface area contributed by atoms with E-state index < -0.39 is 0 Å². The van der Waals surface area contributed by atoms with Gasteiger partial charge in [0, 0.05) is 0 Å². The molecule has 0 aliphatic carbocycles. The molecule has 1 aromatic rings. The van der Waals surface area contributed by atoms with Crippen LogP contribution in [0, 0.1) is 0 Å². The average Bonchev–Trinajstić information content (AvgIpc) is 1.95. The SMILES string of the molecule is CCc1ccc([As])c(O)c1. The number of hydrogen-bond acceptors (Lipinski definition) is 1. The van der Waals surface area contributed by atoms with Crippen molar-refractivity contribution < 1.29 is 5.11 Å². The average molecular weight is 196 g/mol. The van der Waals surface area contributed by atoms with Crippen LogP contribution in [0.15, 0.2) is 18.2 Å². The predicted molar refractivity (Wildman–Crippen MR) is 42.9 cm³/mol. The van der Waals surface area contributed by atoms with Crippen molar-refractivity contribution in [2.45, 2.75) is 13.3 Å². The van der Waals surface area contributed by atoms with Crippen LogP contribution < -0.4 is 4.35 Å². The molecular weight excluding hydrogens is 187 g/mol. The molecular formula is C8H9AsO. The minimum atomic E-state index is 0.374. The quantitative estimate of drug-likeness (QED) is 0.657. The molecule has 52 valence electrons. The van der Waals surface area contributed by atoms with Gasteiger partial charge in [-0.25, -0.2) is 0 Å². The molecule has 0 aliphatic heterocycles. The molecule has 0 heterocycles. The van der Waals surface area contributed by atoms with Gasteiger partial charge in [0.15, 0.2) is 0 Å². The first-order valence-corrected chi connectivity index (χ1v) is 4.18. The van der Waals surface area contributed by atoms with Crippen LogP contribution >= 0.6 is 0 Å². The molecule has 10 heavy (non-hydrogen) atoms. The summed E-state index contributed by atoms with van der Waals surface area (Å²) in [6, 6.07) is 5.73. The predicted octanol–water partition coefficient (Wildman–Crippen LogP) is 0.748. The summed E-state index contributed by atoms with van der Waals surface area (Å²) in [7, 11) is 0. The normalized spacial score (nSPS) is 9.80. The maximum atomic E-state index is 9.22. The molecule has 0 saturated heterocycles. The van der Waals surface area contributed by atoms with Gasteiger partial charge in [-0.2, -0.15) is 0 Å². The van der Waals surface area contributed by atoms with Gasteiger partial charge in [-0.1, -0.05) is 0 Å². The van der Waals surface area contributed by atoms with Crippen molar-refractivity contribution in [2.75, 3.05) is 0 Å². The van der Waals surface area contributed by atoms with Crippen LogP contribution in [0.1, 0.15) is 12.5 Å². The maximum absolute atomic E-state index is 9.22. The monoisotopic (exact) mass is 196 g/mol. The number of phenolic OH excluding ortho intramolecular Hbond substituents is 1. The third kappa shape index (κ3) is 1.54. The fourth-order valence-corrected chi connectivity index (χ4v) is 1.08. The number of aryl methyl sites for hydroxylation is 1. The minimum absolute atomic E-state index is 0.374. The van der Waals surface area contributed by atoms with Gasteiger partial charge in [-0.15, -0.1) is 0 Å². The fourth-order valence-electron chi connectivity index (χ4n) is 0.789. The number of hydrogen-bond donors (Lipinski definition) is 1. The van der Waals surface area contributed by atoms with Crippen LogP contribution in [0.4, 0.5) is 0 Å². The molecule has 0 amide bonds. The Morgan fingerprint density at radius 3 is 2.70 bits per heavy atom. The van der Waals surface area contributed by atoms with Crippen molar-refractivity contribution in [2.24, 2.45) is 0 Å². The summed E-state index contributed by atoms with van der Waals surface area (Å²) in [5.41, 5.74) is 1.17.